The number of unbranched alkanes of at least 4 members (excludes halogenated alkanes) is 2. The Hall–Kier alpha value is -0.240. The lowest BCUT2D eigenvalue weighted by Gasteiger charge is -2.06. The number of primary amides is 1. The minimum Gasteiger partial charge on any atom is -0.368 e. The first kappa shape index (κ1) is 12.8. The molecule has 2 N–H and O–H groups in total. The summed E-state index contributed by atoms with van der Waals surface area (Å²) in [5.74, 6) is 0.369. The Labute approximate surface area is 85.8 Å². The number of hydrogen-bond acceptors (Lipinski definition) is 1. The van der Waals surface area contributed by atoms with Gasteiger partial charge in [-0.2, -0.15) is 0 Å². The van der Waals surface area contributed by atoms with E-state index in [1.807, 2.05) is 0 Å². The number of hydrogen-bond donors (Lipinski definition) is 1. The quantitative estimate of drug-likeness (QED) is 0.504. The SMILES string of the molecule is CC(C)CCCCCC(Cl)C(N)=O. The average molecular weight is 206 g/mol. The van der Waals surface area contributed by atoms with Gasteiger partial charge in [-0.05, 0) is 12.3 Å². The molecule has 0 fully saturated rings. The van der Waals surface area contributed by atoms with Crippen LogP contribution in [0.2, 0.25) is 0 Å². The van der Waals surface area contributed by atoms with Crippen LogP contribution in [0.15, 0.2) is 0 Å². The molecule has 0 heterocycles. The standard InChI is InChI=1S/C10H20ClNO/c1-8(2)6-4-3-5-7-9(11)10(12)13/h8-9H,3-7H2,1-2H3,(H2,12,13). The normalized spacial score (nSPS) is 13.2. The average Bonchev–Trinajstić information content (AvgIpc) is 2.02. The molecular weight excluding hydrogens is 186 g/mol. The molecule has 0 aromatic carbocycles. The molecule has 3 heteroatoms. The second-order valence-corrected chi connectivity index (χ2v) is 4.43. The van der Waals surface area contributed by atoms with Gasteiger partial charge in [-0.15, -0.1) is 11.6 Å². The predicted molar refractivity (Wildman–Crippen MR) is 56.8 cm³/mol. The molecule has 1 amide bonds. The summed E-state index contributed by atoms with van der Waals surface area (Å²) in [6, 6.07) is 0. The number of halogens is 1. The maximum Gasteiger partial charge on any atom is 0.235 e. The van der Waals surface area contributed by atoms with E-state index in [0.29, 0.717) is 0 Å². The van der Waals surface area contributed by atoms with Crippen molar-refractivity contribution in [3.8, 4) is 0 Å². The van der Waals surface area contributed by atoms with Crippen LogP contribution in [0.1, 0.15) is 46.0 Å². The van der Waals surface area contributed by atoms with Gasteiger partial charge in [-0.25, -0.2) is 0 Å². The fourth-order valence-corrected chi connectivity index (χ4v) is 1.35. The van der Waals surface area contributed by atoms with E-state index in [1.54, 1.807) is 0 Å². The minimum absolute atomic E-state index is 0.398. The Kier molecular flexibility index (Phi) is 7.06. The second-order valence-electron chi connectivity index (χ2n) is 3.90. The summed E-state index contributed by atoms with van der Waals surface area (Å²) in [5.41, 5.74) is 5.03. The summed E-state index contributed by atoms with van der Waals surface area (Å²) < 4.78 is 0. The van der Waals surface area contributed by atoms with Crippen LogP contribution in [0.25, 0.3) is 0 Å². The van der Waals surface area contributed by atoms with Gasteiger partial charge in [0.05, 0.1) is 0 Å². The van der Waals surface area contributed by atoms with E-state index in [2.05, 4.69) is 13.8 Å². The largest absolute Gasteiger partial charge is 0.368 e. The van der Waals surface area contributed by atoms with Crippen molar-refractivity contribution < 1.29 is 4.79 Å². The first-order chi connectivity index (χ1) is 6.04. The lowest BCUT2D eigenvalue weighted by Crippen LogP contribution is -2.23. The van der Waals surface area contributed by atoms with E-state index in [1.165, 1.54) is 12.8 Å². The maximum atomic E-state index is 10.6. The van der Waals surface area contributed by atoms with Gasteiger partial charge in [0.15, 0.2) is 0 Å². The third-order valence-corrected chi connectivity index (χ3v) is 2.48. The van der Waals surface area contributed by atoms with Crippen molar-refractivity contribution in [1.82, 2.24) is 0 Å². The van der Waals surface area contributed by atoms with Gasteiger partial charge in [0.25, 0.3) is 0 Å². The molecule has 0 radical (unpaired) electrons. The highest BCUT2D eigenvalue weighted by molar-refractivity contribution is 6.30. The van der Waals surface area contributed by atoms with Crippen LogP contribution in [-0.4, -0.2) is 11.3 Å². The number of rotatable bonds is 7. The molecule has 0 aliphatic carbocycles. The summed E-state index contributed by atoms with van der Waals surface area (Å²) in [6.45, 7) is 4.43. The van der Waals surface area contributed by atoms with Gasteiger partial charge >= 0.3 is 0 Å². The highest BCUT2D eigenvalue weighted by atomic mass is 35.5. The lowest BCUT2D eigenvalue weighted by molar-refractivity contribution is -0.117. The van der Waals surface area contributed by atoms with Crippen molar-refractivity contribution >= 4 is 17.5 Å². The molecule has 2 nitrogen and oxygen atoms in total. The number of carbonyl (C=O) groups excluding carboxylic acids is 1. The highest BCUT2D eigenvalue weighted by Gasteiger charge is 2.09. The van der Waals surface area contributed by atoms with Crippen LogP contribution in [0.5, 0.6) is 0 Å². The predicted octanol–water partition coefficient (Wildman–Crippen LogP) is 2.69. The zero-order chi connectivity index (χ0) is 10.3. The van der Waals surface area contributed by atoms with Crippen LogP contribution >= 0.6 is 11.6 Å². The van der Waals surface area contributed by atoms with Crippen LogP contribution in [-0.2, 0) is 4.79 Å². The molecule has 0 saturated heterocycles. The molecule has 13 heavy (non-hydrogen) atoms. The van der Waals surface area contributed by atoms with Gasteiger partial charge in [-0.3, -0.25) is 4.79 Å². The van der Waals surface area contributed by atoms with Gasteiger partial charge in [-0.1, -0.05) is 39.5 Å². The highest BCUT2D eigenvalue weighted by Crippen LogP contribution is 2.12. The van der Waals surface area contributed by atoms with E-state index in [9.17, 15) is 4.79 Å². The number of alkyl halides is 1. The topological polar surface area (TPSA) is 43.1 Å². The first-order valence-electron chi connectivity index (χ1n) is 4.97. The fourth-order valence-electron chi connectivity index (χ4n) is 1.20. The van der Waals surface area contributed by atoms with Crippen molar-refractivity contribution in [3.63, 3.8) is 0 Å². The van der Waals surface area contributed by atoms with Crippen LogP contribution < -0.4 is 5.73 Å². The van der Waals surface area contributed by atoms with E-state index in [0.717, 1.165) is 25.2 Å². The molecule has 0 aliphatic rings. The van der Waals surface area contributed by atoms with Gasteiger partial charge < -0.3 is 5.73 Å². The van der Waals surface area contributed by atoms with E-state index in [4.69, 9.17) is 17.3 Å². The monoisotopic (exact) mass is 205 g/mol. The van der Waals surface area contributed by atoms with Gasteiger partial charge in [0.1, 0.15) is 5.38 Å². The van der Waals surface area contributed by atoms with Crippen LogP contribution in [0.3, 0.4) is 0 Å². The smallest absolute Gasteiger partial charge is 0.235 e. The first-order valence-corrected chi connectivity index (χ1v) is 5.41. The van der Waals surface area contributed by atoms with E-state index >= 15 is 0 Å². The summed E-state index contributed by atoms with van der Waals surface area (Å²) in [7, 11) is 0. The number of nitrogens with two attached hydrogens (primary N) is 1. The van der Waals surface area contributed by atoms with Gasteiger partial charge in [0.2, 0.25) is 5.91 Å². The third kappa shape index (κ3) is 8.10. The molecule has 0 spiro atoms. The summed E-state index contributed by atoms with van der Waals surface area (Å²) in [5, 5.41) is -0.473. The molecule has 1 atom stereocenters. The Bertz CT molecular complexity index is 148. The summed E-state index contributed by atoms with van der Waals surface area (Å²) >= 11 is 5.68. The van der Waals surface area contributed by atoms with Crippen molar-refractivity contribution in [2.75, 3.05) is 0 Å². The van der Waals surface area contributed by atoms with Crippen molar-refractivity contribution in [2.45, 2.75) is 51.3 Å². The molecule has 0 aromatic heterocycles. The van der Waals surface area contributed by atoms with Crippen molar-refractivity contribution in [1.29, 1.82) is 0 Å². The minimum atomic E-state index is -0.473. The Morgan fingerprint density at radius 3 is 2.23 bits per heavy atom. The maximum absolute atomic E-state index is 10.6. The molecule has 78 valence electrons. The van der Waals surface area contributed by atoms with Crippen molar-refractivity contribution in [3.05, 3.63) is 0 Å². The number of carbonyl (C=O) groups is 1. The van der Waals surface area contributed by atoms with E-state index < -0.39 is 11.3 Å². The van der Waals surface area contributed by atoms with Gasteiger partial charge in [0, 0.05) is 0 Å². The fraction of sp³-hybridized carbons (Fsp3) is 0.900. The molecule has 0 saturated carbocycles. The molecular formula is C10H20ClNO. The summed E-state index contributed by atoms with van der Waals surface area (Å²) in [6.07, 6.45) is 5.34. The van der Waals surface area contributed by atoms with E-state index in [-0.39, 0.29) is 0 Å². The Balaban J connectivity index is 3.21. The Morgan fingerprint density at radius 2 is 1.77 bits per heavy atom. The zero-order valence-corrected chi connectivity index (χ0v) is 9.31. The zero-order valence-electron chi connectivity index (χ0n) is 8.55. The molecule has 0 aromatic rings. The van der Waals surface area contributed by atoms with Crippen molar-refractivity contribution in [2.24, 2.45) is 11.7 Å². The molecule has 1 unspecified atom stereocenters. The Morgan fingerprint density at radius 1 is 1.23 bits per heavy atom. The molecule has 0 aliphatic heterocycles. The van der Waals surface area contributed by atoms with Crippen LogP contribution in [0, 0.1) is 5.92 Å². The lowest BCUT2D eigenvalue weighted by atomic mass is 10.0. The summed E-state index contributed by atoms with van der Waals surface area (Å²) in [4.78, 5) is 10.6. The van der Waals surface area contributed by atoms with Crippen LogP contribution in [0.4, 0.5) is 0 Å². The third-order valence-electron chi connectivity index (χ3n) is 2.05. The second kappa shape index (κ2) is 7.19. The molecule has 0 rings (SSSR count). The number of amides is 1. The molecule has 0 bridgehead atoms.